The number of Topliss-reactive ketones (excluding diaryl/α,β-unsaturated/α-hetero) is 1. The van der Waals surface area contributed by atoms with Gasteiger partial charge in [0.15, 0.2) is 5.78 Å². The van der Waals surface area contributed by atoms with E-state index < -0.39 is 0 Å². The van der Waals surface area contributed by atoms with Crippen LogP contribution in [0.5, 0.6) is 0 Å². The second-order valence-corrected chi connectivity index (χ2v) is 6.62. The fourth-order valence-corrected chi connectivity index (χ4v) is 3.50. The molecule has 0 saturated carbocycles. The van der Waals surface area contributed by atoms with E-state index in [1.165, 1.54) is 11.1 Å². The van der Waals surface area contributed by atoms with Crippen LogP contribution in [0.25, 0.3) is 0 Å². The minimum Gasteiger partial charge on any atom is -0.330 e. The maximum atomic E-state index is 12.1. The van der Waals surface area contributed by atoms with Crippen LogP contribution >= 0.6 is 0 Å². The first-order valence-corrected chi connectivity index (χ1v) is 8.99. The topological polar surface area (TPSA) is 47.2 Å². The largest absolute Gasteiger partial charge is 0.330 e. The standard InChI is InChI=1S/C22H21N3O/c1-2-19-22(26)14-18-9-8-16(12-20(18)24-19)13-21(25-11-10-23-15-25)17-6-4-3-5-7-17/h3-12,15,21H,2,13-14H2,1H3. The molecule has 1 aliphatic rings. The number of rotatable bonds is 5. The molecule has 0 bridgehead atoms. The van der Waals surface area contributed by atoms with Gasteiger partial charge in [-0.3, -0.25) is 4.79 Å². The van der Waals surface area contributed by atoms with Gasteiger partial charge in [-0.05, 0) is 35.6 Å². The molecule has 0 amide bonds. The second kappa shape index (κ2) is 7.08. The summed E-state index contributed by atoms with van der Waals surface area (Å²) < 4.78 is 2.14. The summed E-state index contributed by atoms with van der Waals surface area (Å²) in [5.41, 5.74) is 5.10. The zero-order chi connectivity index (χ0) is 17.9. The highest BCUT2D eigenvalue weighted by Crippen LogP contribution is 2.30. The summed E-state index contributed by atoms with van der Waals surface area (Å²) in [5, 5.41) is 0. The van der Waals surface area contributed by atoms with Crippen molar-refractivity contribution in [3.63, 3.8) is 0 Å². The van der Waals surface area contributed by atoms with Crippen molar-refractivity contribution in [3.05, 3.63) is 83.9 Å². The average Bonchev–Trinajstić information content (AvgIpc) is 3.21. The molecule has 0 radical (unpaired) electrons. The van der Waals surface area contributed by atoms with E-state index in [0.29, 0.717) is 18.6 Å². The quantitative estimate of drug-likeness (QED) is 0.692. The molecule has 26 heavy (non-hydrogen) atoms. The Morgan fingerprint density at radius 3 is 2.73 bits per heavy atom. The van der Waals surface area contributed by atoms with Gasteiger partial charge in [0.2, 0.25) is 0 Å². The van der Waals surface area contributed by atoms with Crippen molar-refractivity contribution in [1.82, 2.24) is 9.55 Å². The van der Waals surface area contributed by atoms with E-state index in [1.807, 2.05) is 31.7 Å². The summed E-state index contributed by atoms with van der Waals surface area (Å²) in [6.07, 6.45) is 7.67. The first-order valence-electron chi connectivity index (χ1n) is 8.99. The fraction of sp³-hybridized carbons (Fsp3) is 0.227. The number of hydrogen-bond acceptors (Lipinski definition) is 3. The molecule has 1 aliphatic heterocycles. The molecular weight excluding hydrogens is 322 g/mol. The minimum atomic E-state index is 0.147. The highest BCUT2D eigenvalue weighted by molar-refractivity contribution is 6.41. The zero-order valence-electron chi connectivity index (χ0n) is 14.8. The van der Waals surface area contributed by atoms with E-state index in [4.69, 9.17) is 0 Å². The van der Waals surface area contributed by atoms with Gasteiger partial charge in [-0.1, -0.05) is 49.4 Å². The van der Waals surface area contributed by atoms with E-state index >= 15 is 0 Å². The van der Waals surface area contributed by atoms with Gasteiger partial charge in [0.1, 0.15) is 0 Å². The molecule has 0 spiro atoms. The maximum Gasteiger partial charge on any atom is 0.181 e. The molecule has 1 unspecified atom stereocenters. The third kappa shape index (κ3) is 3.23. The number of nitrogens with zero attached hydrogens (tertiary/aromatic N) is 3. The zero-order valence-corrected chi connectivity index (χ0v) is 14.8. The molecule has 1 atom stereocenters. The van der Waals surface area contributed by atoms with Crippen LogP contribution in [0.1, 0.15) is 36.1 Å². The number of benzene rings is 2. The molecule has 2 aromatic carbocycles. The number of ketones is 1. The Labute approximate surface area is 153 Å². The van der Waals surface area contributed by atoms with Gasteiger partial charge >= 0.3 is 0 Å². The monoisotopic (exact) mass is 343 g/mol. The van der Waals surface area contributed by atoms with Gasteiger partial charge in [0, 0.05) is 18.8 Å². The van der Waals surface area contributed by atoms with Crippen LogP contribution in [-0.2, 0) is 17.6 Å². The Hall–Kier alpha value is -3.01. The summed E-state index contributed by atoms with van der Waals surface area (Å²) in [7, 11) is 0. The molecule has 4 heteroatoms. The van der Waals surface area contributed by atoms with Gasteiger partial charge in [0.25, 0.3) is 0 Å². The molecule has 3 aromatic rings. The van der Waals surface area contributed by atoms with Gasteiger partial charge < -0.3 is 4.57 Å². The Morgan fingerprint density at radius 1 is 1.15 bits per heavy atom. The normalized spacial score (nSPS) is 14.7. The SMILES string of the molecule is CCC1=Nc2cc(CC(c3ccccc3)n3ccnc3)ccc2CC1=O. The van der Waals surface area contributed by atoms with Crippen molar-refractivity contribution in [2.75, 3.05) is 0 Å². The first-order chi connectivity index (χ1) is 12.7. The summed E-state index contributed by atoms with van der Waals surface area (Å²) >= 11 is 0. The van der Waals surface area contributed by atoms with Crippen LogP contribution in [0, 0.1) is 0 Å². The Kier molecular flexibility index (Phi) is 4.48. The van der Waals surface area contributed by atoms with Crippen LogP contribution in [0.2, 0.25) is 0 Å². The lowest BCUT2D eigenvalue weighted by Crippen LogP contribution is -2.19. The summed E-state index contributed by atoms with van der Waals surface area (Å²) in [4.78, 5) is 20.9. The van der Waals surface area contributed by atoms with Crippen molar-refractivity contribution in [2.45, 2.75) is 32.2 Å². The van der Waals surface area contributed by atoms with Crippen molar-refractivity contribution in [1.29, 1.82) is 0 Å². The number of carbonyl (C=O) groups is 1. The third-order valence-corrected chi connectivity index (χ3v) is 4.91. The molecule has 4 nitrogen and oxygen atoms in total. The van der Waals surface area contributed by atoms with Gasteiger partial charge in [0.05, 0.1) is 23.8 Å². The van der Waals surface area contributed by atoms with E-state index in [1.54, 1.807) is 0 Å². The number of hydrogen-bond donors (Lipinski definition) is 0. The summed E-state index contributed by atoms with van der Waals surface area (Å²) in [6.45, 7) is 1.98. The van der Waals surface area contributed by atoms with Crippen molar-refractivity contribution in [2.24, 2.45) is 4.99 Å². The van der Waals surface area contributed by atoms with Crippen LogP contribution in [0.4, 0.5) is 5.69 Å². The van der Waals surface area contributed by atoms with Crippen LogP contribution in [0.3, 0.4) is 0 Å². The molecule has 1 aromatic heterocycles. The maximum absolute atomic E-state index is 12.1. The summed E-state index contributed by atoms with van der Waals surface area (Å²) in [5.74, 6) is 0.147. The lowest BCUT2D eigenvalue weighted by molar-refractivity contribution is -0.112. The molecule has 4 rings (SSSR count). The van der Waals surface area contributed by atoms with E-state index in [0.717, 1.165) is 17.7 Å². The van der Waals surface area contributed by atoms with Crippen LogP contribution < -0.4 is 0 Å². The Balaban J connectivity index is 1.68. The number of aliphatic imine (C=N–C) groups is 1. The number of fused-ring (bicyclic) bond motifs is 1. The number of aromatic nitrogens is 2. The van der Waals surface area contributed by atoms with Gasteiger partial charge in [-0.25, -0.2) is 9.98 Å². The van der Waals surface area contributed by atoms with Gasteiger partial charge in [-0.15, -0.1) is 0 Å². The number of imidazole rings is 1. The van der Waals surface area contributed by atoms with E-state index in [-0.39, 0.29) is 11.8 Å². The van der Waals surface area contributed by atoms with Crippen molar-refractivity contribution in [3.8, 4) is 0 Å². The molecule has 2 heterocycles. The van der Waals surface area contributed by atoms with Crippen LogP contribution in [-0.4, -0.2) is 21.0 Å². The fourth-order valence-electron chi connectivity index (χ4n) is 3.50. The van der Waals surface area contributed by atoms with Crippen molar-refractivity contribution < 1.29 is 4.79 Å². The number of carbonyl (C=O) groups excluding carboxylic acids is 1. The highest BCUT2D eigenvalue weighted by Gasteiger charge is 2.20. The second-order valence-electron chi connectivity index (χ2n) is 6.62. The highest BCUT2D eigenvalue weighted by atomic mass is 16.1. The van der Waals surface area contributed by atoms with Crippen molar-refractivity contribution >= 4 is 17.2 Å². The Bertz CT molecular complexity index is 943. The molecule has 130 valence electrons. The third-order valence-electron chi connectivity index (χ3n) is 4.91. The molecular formula is C22H21N3O. The lowest BCUT2D eigenvalue weighted by Gasteiger charge is -2.20. The van der Waals surface area contributed by atoms with Gasteiger partial charge in [-0.2, -0.15) is 0 Å². The predicted molar refractivity (Wildman–Crippen MR) is 103 cm³/mol. The first kappa shape index (κ1) is 16.5. The molecule has 0 aliphatic carbocycles. The summed E-state index contributed by atoms with van der Waals surface area (Å²) in [6, 6.07) is 16.9. The minimum absolute atomic E-state index is 0.147. The molecule has 0 fully saturated rings. The van der Waals surface area contributed by atoms with E-state index in [9.17, 15) is 4.79 Å². The van der Waals surface area contributed by atoms with E-state index in [2.05, 4.69) is 57.0 Å². The smallest absolute Gasteiger partial charge is 0.181 e. The lowest BCUT2D eigenvalue weighted by atomic mass is 9.94. The average molecular weight is 343 g/mol. The Morgan fingerprint density at radius 2 is 2.00 bits per heavy atom. The van der Waals surface area contributed by atoms with Crippen LogP contribution in [0.15, 0.2) is 72.2 Å². The molecule has 0 saturated heterocycles. The molecule has 0 N–H and O–H groups in total. The predicted octanol–water partition coefficient (Wildman–Crippen LogP) is 4.32.